The van der Waals surface area contributed by atoms with Crippen molar-refractivity contribution in [1.82, 2.24) is 0 Å². The largest absolute Gasteiger partial charge is 0.393 e. The van der Waals surface area contributed by atoms with Crippen molar-refractivity contribution in [2.45, 2.75) is 19.8 Å². The molecule has 0 atom stereocenters. The monoisotopic (exact) mass is 253 g/mol. The van der Waals surface area contributed by atoms with Gasteiger partial charge in [0.05, 0.1) is 11.5 Å². The highest BCUT2D eigenvalue weighted by Crippen LogP contribution is 2.30. The molecule has 1 aromatic rings. The molecule has 100 valence electrons. The molecule has 3 N–H and O–H groups in total. The Balaban J connectivity index is 2.47. The van der Waals surface area contributed by atoms with Crippen LogP contribution in [0.25, 0.3) is 0 Å². The van der Waals surface area contributed by atoms with Gasteiger partial charge in [0.15, 0.2) is 0 Å². The van der Waals surface area contributed by atoms with Gasteiger partial charge in [0.25, 0.3) is 0 Å². The van der Waals surface area contributed by atoms with Gasteiger partial charge in [-0.3, -0.25) is 10.1 Å². The van der Waals surface area contributed by atoms with Crippen LogP contribution in [0, 0.1) is 10.1 Å². The average Bonchev–Trinajstić information content (AvgIpc) is 2.33. The molecule has 1 rings (SSSR count). The van der Waals surface area contributed by atoms with Crippen LogP contribution in [0.3, 0.4) is 0 Å². The van der Waals surface area contributed by atoms with Gasteiger partial charge in [0, 0.05) is 13.2 Å². The molecule has 0 amide bonds. The van der Waals surface area contributed by atoms with Crippen molar-refractivity contribution in [1.29, 1.82) is 0 Å². The zero-order valence-electron chi connectivity index (χ0n) is 10.5. The number of anilines is 2. The number of benzene rings is 1. The minimum Gasteiger partial charge on any atom is -0.393 e. The lowest BCUT2D eigenvalue weighted by molar-refractivity contribution is -0.383. The van der Waals surface area contributed by atoms with Crippen molar-refractivity contribution in [2.75, 3.05) is 30.8 Å². The topological polar surface area (TPSA) is 90.4 Å². The summed E-state index contributed by atoms with van der Waals surface area (Å²) in [7, 11) is 0. The minimum atomic E-state index is -0.477. The molecule has 0 aliphatic heterocycles. The maximum atomic E-state index is 10.9. The zero-order valence-corrected chi connectivity index (χ0v) is 10.5. The smallest absolute Gasteiger partial charge is 0.314 e. The van der Waals surface area contributed by atoms with Crippen LogP contribution in [-0.4, -0.2) is 24.7 Å². The van der Waals surface area contributed by atoms with E-state index in [0.717, 1.165) is 19.4 Å². The fraction of sp³-hybridized carbons (Fsp3) is 0.500. The van der Waals surface area contributed by atoms with Crippen molar-refractivity contribution in [3.8, 4) is 0 Å². The first-order valence-electron chi connectivity index (χ1n) is 6.01. The molecule has 0 aliphatic carbocycles. The lowest BCUT2D eigenvalue weighted by Crippen LogP contribution is -2.11. The van der Waals surface area contributed by atoms with E-state index in [-0.39, 0.29) is 11.4 Å². The first-order chi connectivity index (χ1) is 8.66. The molecule has 0 saturated heterocycles. The van der Waals surface area contributed by atoms with E-state index in [1.165, 1.54) is 6.07 Å². The van der Waals surface area contributed by atoms with Crippen LogP contribution < -0.4 is 11.1 Å². The van der Waals surface area contributed by atoms with Crippen molar-refractivity contribution in [2.24, 2.45) is 0 Å². The molecule has 0 heterocycles. The van der Waals surface area contributed by atoms with Crippen molar-refractivity contribution in [3.05, 3.63) is 28.3 Å². The Morgan fingerprint density at radius 2 is 2.22 bits per heavy atom. The molecule has 0 aliphatic rings. The maximum Gasteiger partial charge on any atom is 0.314 e. The zero-order chi connectivity index (χ0) is 13.4. The molecule has 0 aromatic heterocycles. The lowest BCUT2D eigenvalue weighted by atomic mass is 10.2. The highest BCUT2D eigenvalue weighted by atomic mass is 16.6. The maximum absolute atomic E-state index is 10.9. The first kappa shape index (κ1) is 14.2. The van der Waals surface area contributed by atoms with Gasteiger partial charge in [-0.1, -0.05) is 19.4 Å². The number of ether oxygens (including phenoxy) is 1. The predicted molar refractivity (Wildman–Crippen MR) is 71.7 cm³/mol. The second-order valence-electron chi connectivity index (χ2n) is 3.89. The van der Waals surface area contributed by atoms with Crippen molar-refractivity contribution >= 4 is 17.1 Å². The Morgan fingerprint density at radius 1 is 1.44 bits per heavy atom. The van der Waals surface area contributed by atoms with Crippen molar-refractivity contribution in [3.63, 3.8) is 0 Å². The third-order valence-electron chi connectivity index (χ3n) is 2.45. The molecule has 0 bridgehead atoms. The number of hydrogen-bond donors (Lipinski definition) is 2. The fourth-order valence-corrected chi connectivity index (χ4v) is 1.51. The van der Waals surface area contributed by atoms with Crippen LogP contribution in [-0.2, 0) is 4.74 Å². The Kier molecular flexibility index (Phi) is 5.93. The summed E-state index contributed by atoms with van der Waals surface area (Å²) in [5, 5.41) is 13.8. The Labute approximate surface area is 106 Å². The van der Waals surface area contributed by atoms with Crippen molar-refractivity contribution < 1.29 is 9.66 Å². The molecular formula is C12H19N3O3. The predicted octanol–water partition coefficient (Wildman–Crippen LogP) is 2.41. The molecule has 18 heavy (non-hydrogen) atoms. The first-order valence-corrected chi connectivity index (χ1v) is 6.01. The summed E-state index contributed by atoms with van der Waals surface area (Å²) in [6.45, 7) is 3.86. The number of nitrogens with two attached hydrogens (primary N) is 1. The quantitative estimate of drug-likeness (QED) is 0.321. The SMILES string of the molecule is CCCCOCCNc1cccc(N)c1[N+](=O)[O-]. The van der Waals surface area contributed by atoms with Crippen LogP contribution in [0.4, 0.5) is 17.1 Å². The number of hydrogen-bond acceptors (Lipinski definition) is 5. The third kappa shape index (κ3) is 4.21. The number of para-hydroxylation sites is 1. The number of nitrogens with one attached hydrogen (secondary N) is 1. The van der Waals surface area contributed by atoms with Crippen LogP contribution in [0.1, 0.15) is 19.8 Å². The van der Waals surface area contributed by atoms with Crippen LogP contribution in [0.5, 0.6) is 0 Å². The van der Waals surface area contributed by atoms with Gasteiger partial charge in [0.2, 0.25) is 0 Å². The molecule has 6 nitrogen and oxygen atoms in total. The van der Waals surface area contributed by atoms with E-state index in [1.54, 1.807) is 12.1 Å². The van der Waals surface area contributed by atoms with Gasteiger partial charge in [-0.05, 0) is 18.6 Å². The Bertz CT molecular complexity index is 396. The fourth-order valence-electron chi connectivity index (χ4n) is 1.51. The molecule has 0 radical (unpaired) electrons. The van der Waals surface area contributed by atoms with Gasteiger partial charge in [-0.15, -0.1) is 0 Å². The molecule has 0 unspecified atom stereocenters. The molecule has 1 aromatic carbocycles. The highest BCUT2D eigenvalue weighted by Gasteiger charge is 2.16. The summed E-state index contributed by atoms with van der Waals surface area (Å²) >= 11 is 0. The van der Waals surface area contributed by atoms with E-state index in [2.05, 4.69) is 12.2 Å². The van der Waals surface area contributed by atoms with Gasteiger partial charge in [-0.2, -0.15) is 0 Å². The van der Waals surface area contributed by atoms with Crippen LogP contribution in [0.2, 0.25) is 0 Å². The van der Waals surface area contributed by atoms with E-state index >= 15 is 0 Å². The standard InChI is InChI=1S/C12H19N3O3/c1-2-3-8-18-9-7-14-11-6-4-5-10(13)12(11)15(16)17/h4-6,14H,2-3,7-9,13H2,1H3. The van der Waals surface area contributed by atoms with Gasteiger partial charge in [0.1, 0.15) is 11.4 Å². The number of rotatable bonds is 8. The summed E-state index contributed by atoms with van der Waals surface area (Å²) in [5.74, 6) is 0. The van der Waals surface area contributed by atoms with E-state index in [1.807, 2.05) is 0 Å². The lowest BCUT2D eigenvalue weighted by Gasteiger charge is -2.08. The van der Waals surface area contributed by atoms with E-state index in [0.29, 0.717) is 18.8 Å². The number of nitrogens with zero attached hydrogens (tertiary/aromatic N) is 1. The molecule has 0 fully saturated rings. The molecular weight excluding hydrogens is 234 g/mol. The Hall–Kier alpha value is -1.82. The Morgan fingerprint density at radius 3 is 2.89 bits per heavy atom. The third-order valence-corrected chi connectivity index (χ3v) is 2.45. The summed E-state index contributed by atoms with van der Waals surface area (Å²) in [6.07, 6.45) is 2.12. The van der Waals surface area contributed by atoms with Gasteiger partial charge in [-0.25, -0.2) is 0 Å². The molecule has 6 heteroatoms. The van der Waals surface area contributed by atoms with E-state index in [4.69, 9.17) is 10.5 Å². The summed E-state index contributed by atoms with van der Waals surface area (Å²) in [6, 6.07) is 4.84. The second kappa shape index (κ2) is 7.50. The number of unbranched alkanes of at least 4 members (excludes halogenated alkanes) is 1. The summed E-state index contributed by atoms with van der Waals surface area (Å²) < 4.78 is 5.36. The van der Waals surface area contributed by atoms with E-state index in [9.17, 15) is 10.1 Å². The normalized spacial score (nSPS) is 10.3. The van der Waals surface area contributed by atoms with E-state index < -0.39 is 4.92 Å². The van der Waals surface area contributed by atoms with Crippen LogP contribution >= 0.6 is 0 Å². The molecule has 0 spiro atoms. The minimum absolute atomic E-state index is 0.0777. The summed E-state index contributed by atoms with van der Waals surface area (Å²) in [4.78, 5) is 10.4. The number of nitrogen functional groups attached to an aromatic ring is 1. The van der Waals surface area contributed by atoms with Gasteiger partial charge < -0.3 is 15.8 Å². The highest BCUT2D eigenvalue weighted by molar-refractivity contribution is 5.74. The average molecular weight is 253 g/mol. The van der Waals surface area contributed by atoms with Gasteiger partial charge >= 0.3 is 5.69 Å². The summed E-state index contributed by atoms with van der Waals surface area (Å²) in [5.41, 5.74) is 6.10. The number of nitro groups is 1. The van der Waals surface area contributed by atoms with Crippen LogP contribution in [0.15, 0.2) is 18.2 Å². The molecule has 0 saturated carbocycles. The second-order valence-corrected chi connectivity index (χ2v) is 3.89. The number of nitro benzene ring substituents is 1.